The van der Waals surface area contributed by atoms with E-state index in [1.165, 1.54) is 16.2 Å². The minimum Gasteiger partial charge on any atom is -0.494 e. The van der Waals surface area contributed by atoms with E-state index in [9.17, 15) is 4.79 Å². The number of rotatable bonds is 4. The molecular formula is C17H17N5O3S. The predicted molar refractivity (Wildman–Crippen MR) is 96.1 cm³/mol. The minimum atomic E-state index is -0.144. The van der Waals surface area contributed by atoms with Crippen LogP contribution < -0.4 is 10.1 Å². The van der Waals surface area contributed by atoms with Crippen LogP contribution in [0.3, 0.4) is 0 Å². The average molecular weight is 371 g/mol. The predicted octanol–water partition coefficient (Wildman–Crippen LogP) is 2.37. The Kier molecular flexibility index (Phi) is 4.39. The molecule has 0 saturated carbocycles. The van der Waals surface area contributed by atoms with Gasteiger partial charge in [-0.1, -0.05) is 0 Å². The lowest BCUT2D eigenvalue weighted by molar-refractivity contribution is 0.102. The first kappa shape index (κ1) is 16.7. The zero-order valence-corrected chi connectivity index (χ0v) is 15.2. The quantitative estimate of drug-likeness (QED) is 0.757. The van der Waals surface area contributed by atoms with E-state index in [4.69, 9.17) is 9.47 Å². The average Bonchev–Trinajstić information content (AvgIpc) is 3.27. The fraction of sp³-hybridized carbons (Fsp3) is 0.294. The first-order valence-electron chi connectivity index (χ1n) is 8.10. The van der Waals surface area contributed by atoms with Crippen molar-refractivity contribution in [3.8, 4) is 11.4 Å². The number of carbonyl (C=O) groups is 1. The molecule has 9 heteroatoms. The van der Waals surface area contributed by atoms with Crippen LogP contribution in [-0.4, -0.2) is 39.8 Å². The highest BCUT2D eigenvalue weighted by atomic mass is 32.1. The van der Waals surface area contributed by atoms with Crippen LogP contribution in [0.1, 0.15) is 25.9 Å². The molecule has 4 rings (SSSR count). The van der Waals surface area contributed by atoms with Crippen LogP contribution in [0.5, 0.6) is 5.75 Å². The molecule has 0 saturated heterocycles. The molecule has 1 N–H and O–H groups in total. The van der Waals surface area contributed by atoms with Gasteiger partial charge in [0.15, 0.2) is 5.82 Å². The van der Waals surface area contributed by atoms with Gasteiger partial charge in [-0.3, -0.25) is 4.79 Å². The van der Waals surface area contributed by atoms with Gasteiger partial charge in [0, 0.05) is 17.0 Å². The lowest BCUT2D eigenvalue weighted by Gasteiger charge is -2.11. The maximum Gasteiger partial charge on any atom is 0.265 e. The van der Waals surface area contributed by atoms with E-state index in [-0.39, 0.29) is 5.91 Å². The molecule has 0 atom stereocenters. The van der Waals surface area contributed by atoms with Gasteiger partial charge in [-0.15, -0.1) is 16.4 Å². The Morgan fingerprint density at radius 2 is 2.27 bits per heavy atom. The van der Waals surface area contributed by atoms with E-state index in [0.717, 1.165) is 12.0 Å². The summed E-state index contributed by atoms with van der Waals surface area (Å²) < 4.78 is 12.4. The first-order chi connectivity index (χ1) is 12.7. The second-order valence-corrected chi connectivity index (χ2v) is 6.98. The summed E-state index contributed by atoms with van der Waals surface area (Å²) in [4.78, 5) is 14.5. The molecule has 134 valence electrons. The van der Waals surface area contributed by atoms with E-state index in [2.05, 4.69) is 20.8 Å². The number of nitrogens with zero attached hydrogens (tertiary/aromatic N) is 4. The monoisotopic (exact) mass is 371 g/mol. The highest BCUT2D eigenvalue weighted by molar-refractivity contribution is 7.14. The van der Waals surface area contributed by atoms with Crippen molar-refractivity contribution in [3.05, 3.63) is 45.4 Å². The fourth-order valence-corrected chi connectivity index (χ4v) is 3.88. The molecule has 1 aliphatic rings. The summed E-state index contributed by atoms with van der Waals surface area (Å²) in [5.74, 6) is 1.09. The number of amides is 1. The van der Waals surface area contributed by atoms with Crippen molar-refractivity contribution < 1.29 is 14.3 Å². The molecule has 0 radical (unpaired) electrons. The van der Waals surface area contributed by atoms with E-state index in [0.29, 0.717) is 41.0 Å². The van der Waals surface area contributed by atoms with E-state index < -0.39 is 0 Å². The van der Waals surface area contributed by atoms with Crippen molar-refractivity contribution >= 4 is 22.9 Å². The standard InChI is InChI=1S/C17H17N5O3S/c1-10-19-20-21-22(10)13-8-12(3-4-14(13)24-2)18-17(23)16-7-11-9-25-6-5-15(11)26-16/h3-4,7-8H,5-6,9H2,1-2H3,(H,18,23). The number of anilines is 1. The third kappa shape index (κ3) is 3.06. The molecule has 0 aliphatic carbocycles. The zero-order chi connectivity index (χ0) is 18.1. The van der Waals surface area contributed by atoms with Crippen LogP contribution in [0, 0.1) is 6.92 Å². The van der Waals surface area contributed by atoms with Crippen molar-refractivity contribution in [2.45, 2.75) is 20.0 Å². The number of tetrazole rings is 1. The SMILES string of the molecule is COc1ccc(NC(=O)c2cc3c(s2)CCOC3)cc1-n1nnnc1C. The molecule has 2 aromatic heterocycles. The van der Waals surface area contributed by atoms with Gasteiger partial charge in [0.1, 0.15) is 11.4 Å². The molecule has 1 aromatic carbocycles. The molecule has 3 aromatic rings. The number of thiophene rings is 1. The first-order valence-corrected chi connectivity index (χ1v) is 8.91. The van der Waals surface area contributed by atoms with Crippen LogP contribution in [0.2, 0.25) is 0 Å². The summed E-state index contributed by atoms with van der Waals surface area (Å²) in [5.41, 5.74) is 2.40. The molecule has 1 aliphatic heterocycles. The lowest BCUT2D eigenvalue weighted by Crippen LogP contribution is -2.11. The van der Waals surface area contributed by atoms with Crippen molar-refractivity contribution in [2.24, 2.45) is 0 Å². The van der Waals surface area contributed by atoms with Crippen LogP contribution >= 0.6 is 11.3 Å². The van der Waals surface area contributed by atoms with Crippen LogP contribution in [0.4, 0.5) is 5.69 Å². The molecule has 1 amide bonds. The minimum absolute atomic E-state index is 0.144. The van der Waals surface area contributed by atoms with Gasteiger partial charge in [-0.25, -0.2) is 0 Å². The summed E-state index contributed by atoms with van der Waals surface area (Å²) in [6.07, 6.45) is 0.860. The molecule has 0 spiro atoms. The van der Waals surface area contributed by atoms with E-state index >= 15 is 0 Å². The Labute approximate surface area is 153 Å². The number of hydrogen-bond donors (Lipinski definition) is 1. The number of nitrogens with one attached hydrogen (secondary N) is 1. The molecule has 0 bridgehead atoms. The number of ether oxygens (including phenoxy) is 2. The Morgan fingerprint density at radius 1 is 1.38 bits per heavy atom. The lowest BCUT2D eigenvalue weighted by atomic mass is 10.2. The molecule has 3 heterocycles. The number of fused-ring (bicyclic) bond motifs is 1. The number of aryl methyl sites for hydroxylation is 1. The highest BCUT2D eigenvalue weighted by Crippen LogP contribution is 2.29. The molecule has 0 unspecified atom stereocenters. The molecule has 26 heavy (non-hydrogen) atoms. The van der Waals surface area contributed by atoms with Crippen LogP contribution in [-0.2, 0) is 17.8 Å². The highest BCUT2D eigenvalue weighted by Gasteiger charge is 2.18. The maximum absolute atomic E-state index is 12.6. The zero-order valence-electron chi connectivity index (χ0n) is 14.4. The number of hydrogen-bond acceptors (Lipinski definition) is 7. The van der Waals surface area contributed by atoms with Gasteiger partial charge in [0.2, 0.25) is 0 Å². The second kappa shape index (κ2) is 6.85. The van der Waals surface area contributed by atoms with Crippen molar-refractivity contribution in [1.82, 2.24) is 20.2 Å². The van der Waals surface area contributed by atoms with Gasteiger partial charge in [0.25, 0.3) is 5.91 Å². The Bertz CT molecular complexity index is 942. The summed E-state index contributed by atoms with van der Waals surface area (Å²) >= 11 is 1.52. The second-order valence-electron chi connectivity index (χ2n) is 5.84. The van der Waals surface area contributed by atoms with Gasteiger partial charge in [-0.05, 0) is 47.2 Å². The van der Waals surface area contributed by atoms with Gasteiger partial charge < -0.3 is 14.8 Å². The Balaban J connectivity index is 1.61. The number of methoxy groups -OCH3 is 1. The number of aromatic nitrogens is 4. The summed E-state index contributed by atoms with van der Waals surface area (Å²) in [5, 5.41) is 14.5. The largest absolute Gasteiger partial charge is 0.494 e. The normalized spacial score (nSPS) is 13.3. The molecule has 8 nitrogen and oxygen atoms in total. The smallest absolute Gasteiger partial charge is 0.265 e. The van der Waals surface area contributed by atoms with Gasteiger partial charge >= 0.3 is 0 Å². The Morgan fingerprint density at radius 3 is 3.00 bits per heavy atom. The van der Waals surface area contributed by atoms with Crippen LogP contribution in [0.15, 0.2) is 24.3 Å². The third-order valence-corrected chi connectivity index (χ3v) is 5.38. The summed E-state index contributed by atoms with van der Waals surface area (Å²) in [6, 6.07) is 7.26. The van der Waals surface area contributed by atoms with Gasteiger partial charge in [0.05, 0.1) is 25.2 Å². The third-order valence-electron chi connectivity index (χ3n) is 4.14. The molecule has 0 fully saturated rings. The summed E-state index contributed by atoms with van der Waals surface area (Å²) in [6.45, 7) is 3.08. The van der Waals surface area contributed by atoms with Gasteiger partial charge in [-0.2, -0.15) is 4.68 Å². The number of benzene rings is 1. The van der Waals surface area contributed by atoms with Crippen LogP contribution in [0.25, 0.3) is 5.69 Å². The molecular weight excluding hydrogens is 354 g/mol. The van der Waals surface area contributed by atoms with E-state index in [1.54, 1.807) is 36.9 Å². The fourth-order valence-electron chi connectivity index (χ4n) is 2.84. The van der Waals surface area contributed by atoms with Crippen molar-refractivity contribution in [3.63, 3.8) is 0 Å². The topological polar surface area (TPSA) is 91.2 Å². The Hall–Kier alpha value is -2.78. The van der Waals surface area contributed by atoms with E-state index in [1.807, 2.05) is 6.07 Å². The maximum atomic E-state index is 12.6. The number of carbonyl (C=O) groups excluding carboxylic acids is 1. The van der Waals surface area contributed by atoms with Crippen molar-refractivity contribution in [2.75, 3.05) is 19.0 Å². The van der Waals surface area contributed by atoms with Crippen molar-refractivity contribution in [1.29, 1.82) is 0 Å². The summed E-state index contributed by atoms with van der Waals surface area (Å²) in [7, 11) is 1.58.